The maximum Gasteiger partial charge on any atom is 0.381 e. The molecule has 7 nitrogen and oxygen atoms in total. The highest BCUT2D eigenvalue weighted by Gasteiger charge is 2.30. The van der Waals surface area contributed by atoms with E-state index in [-0.39, 0.29) is 40.0 Å². The van der Waals surface area contributed by atoms with Gasteiger partial charge in [-0.25, -0.2) is 14.0 Å². The van der Waals surface area contributed by atoms with E-state index in [0.29, 0.717) is 0 Å². The van der Waals surface area contributed by atoms with Crippen molar-refractivity contribution in [1.29, 1.82) is 0 Å². The number of nitrogens with one attached hydrogen (secondary N) is 1. The maximum atomic E-state index is 13.4. The molecule has 1 heterocycles. The second-order valence-electron chi connectivity index (χ2n) is 5.48. The van der Waals surface area contributed by atoms with E-state index in [1.54, 1.807) is 6.92 Å². The number of hydrogen-bond donors (Lipinski definition) is 1. The van der Waals surface area contributed by atoms with Crippen molar-refractivity contribution in [2.24, 2.45) is 7.05 Å². The van der Waals surface area contributed by atoms with Crippen LogP contribution >= 0.6 is 11.6 Å². The monoisotopic (exact) mass is 391 g/mol. The molecule has 27 heavy (non-hydrogen) atoms. The number of benzene rings is 1. The molecule has 1 N–H and O–H groups in total. The average molecular weight is 392 g/mol. The van der Waals surface area contributed by atoms with Crippen LogP contribution < -0.4 is 5.32 Å². The van der Waals surface area contributed by atoms with E-state index in [0.717, 1.165) is 6.07 Å². The van der Waals surface area contributed by atoms with Crippen LogP contribution in [0.4, 0.5) is 15.8 Å². The minimum absolute atomic E-state index is 0.0134. The zero-order chi connectivity index (χ0) is 20.3. The largest absolute Gasteiger partial charge is 0.460 e. The number of hydrogen-bond acceptors (Lipinski definition) is 4. The van der Waals surface area contributed by atoms with Crippen LogP contribution in [0.1, 0.15) is 33.3 Å². The summed E-state index contributed by atoms with van der Waals surface area (Å²) in [5.74, 6) is -3.35. The highest BCUT2D eigenvalue weighted by molar-refractivity contribution is 6.42. The Morgan fingerprint density at radius 2 is 2.04 bits per heavy atom. The quantitative estimate of drug-likeness (QED) is 0.365. The SMILES string of the molecule is [C-]#[N+]c1cc(NC(=O)c2c(C)c(C(=O)C(=O)OCC)n(C)c2Cl)ccc1F. The number of rotatable bonds is 5. The van der Waals surface area contributed by atoms with Crippen LogP contribution in [0.3, 0.4) is 0 Å². The van der Waals surface area contributed by atoms with Crippen LogP contribution in [0.25, 0.3) is 4.85 Å². The Bertz CT molecular complexity index is 991. The lowest BCUT2D eigenvalue weighted by atomic mass is 10.1. The first-order chi connectivity index (χ1) is 12.7. The normalized spacial score (nSPS) is 10.2. The first kappa shape index (κ1) is 20.1. The standard InChI is InChI=1S/C18H15ClFN3O4/c1-5-27-18(26)15(24)14-9(2)13(16(19)23(14)4)17(25)22-10-6-7-11(20)12(8-10)21-3/h6-8H,5H2,1-2,4H3,(H,22,25). The van der Waals surface area contributed by atoms with Gasteiger partial charge in [-0.3, -0.25) is 9.59 Å². The number of carbonyl (C=O) groups is 3. The fraction of sp³-hybridized carbons (Fsp3) is 0.222. The number of amides is 1. The predicted octanol–water partition coefficient (Wildman–Crippen LogP) is 3.67. The molecule has 0 aliphatic carbocycles. The molecular weight excluding hydrogens is 377 g/mol. The number of anilines is 1. The lowest BCUT2D eigenvalue weighted by molar-refractivity contribution is -0.137. The molecule has 0 aliphatic heterocycles. The number of halogens is 2. The van der Waals surface area contributed by atoms with Gasteiger partial charge >= 0.3 is 5.97 Å². The zero-order valence-electron chi connectivity index (χ0n) is 14.7. The van der Waals surface area contributed by atoms with Crippen LogP contribution in [0, 0.1) is 19.3 Å². The molecule has 0 aliphatic rings. The van der Waals surface area contributed by atoms with Gasteiger partial charge in [0.1, 0.15) is 16.7 Å². The predicted molar refractivity (Wildman–Crippen MR) is 96.7 cm³/mol. The van der Waals surface area contributed by atoms with Gasteiger partial charge in [-0.05, 0) is 37.6 Å². The number of nitrogens with zero attached hydrogens (tertiary/aromatic N) is 2. The Kier molecular flexibility index (Phi) is 5.98. The third-order valence-electron chi connectivity index (χ3n) is 3.79. The van der Waals surface area contributed by atoms with Crippen LogP contribution in [0.15, 0.2) is 18.2 Å². The Hall–Kier alpha value is -3.18. The summed E-state index contributed by atoms with van der Waals surface area (Å²) in [6, 6.07) is 3.52. The van der Waals surface area contributed by atoms with Gasteiger partial charge in [-0.15, -0.1) is 0 Å². The zero-order valence-corrected chi connectivity index (χ0v) is 15.5. The van der Waals surface area contributed by atoms with Crippen molar-refractivity contribution >= 4 is 40.6 Å². The molecule has 0 spiro atoms. The summed E-state index contributed by atoms with van der Waals surface area (Å²) < 4.78 is 19.3. The first-order valence-corrected chi connectivity index (χ1v) is 8.15. The van der Waals surface area contributed by atoms with Gasteiger partial charge in [0.2, 0.25) is 5.69 Å². The summed E-state index contributed by atoms with van der Waals surface area (Å²) in [7, 11) is 1.44. The second kappa shape index (κ2) is 8.01. The second-order valence-corrected chi connectivity index (χ2v) is 5.84. The van der Waals surface area contributed by atoms with Gasteiger partial charge < -0.3 is 14.6 Å². The fourth-order valence-corrected chi connectivity index (χ4v) is 2.85. The van der Waals surface area contributed by atoms with E-state index >= 15 is 0 Å². The first-order valence-electron chi connectivity index (χ1n) is 7.77. The summed E-state index contributed by atoms with van der Waals surface area (Å²) in [4.78, 5) is 39.7. The molecule has 0 radical (unpaired) electrons. The Morgan fingerprint density at radius 1 is 1.37 bits per heavy atom. The summed E-state index contributed by atoms with van der Waals surface area (Å²) >= 11 is 6.18. The molecule has 1 amide bonds. The van der Waals surface area contributed by atoms with Crippen molar-refractivity contribution in [2.45, 2.75) is 13.8 Å². The molecule has 2 aromatic rings. The molecule has 0 saturated carbocycles. The molecule has 2 rings (SSSR count). The van der Waals surface area contributed by atoms with E-state index in [2.05, 4.69) is 10.2 Å². The third kappa shape index (κ3) is 3.83. The number of Topliss-reactive ketones (excluding diaryl/α,β-unsaturated/α-hetero) is 1. The van der Waals surface area contributed by atoms with Crippen molar-refractivity contribution in [2.75, 3.05) is 11.9 Å². The van der Waals surface area contributed by atoms with Crippen molar-refractivity contribution in [3.05, 3.63) is 57.4 Å². The van der Waals surface area contributed by atoms with Gasteiger partial charge in [0, 0.05) is 12.7 Å². The Balaban J connectivity index is 2.40. The molecular formula is C18H15ClFN3O4. The Labute approximate surface area is 159 Å². The van der Waals surface area contributed by atoms with Crippen molar-refractivity contribution in [1.82, 2.24) is 4.57 Å². The molecule has 9 heteroatoms. The number of ketones is 1. The van der Waals surface area contributed by atoms with E-state index in [4.69, 9.17) is 22.9 Å². The van der Waals surface area contributed by atoms with Gasteiger partial charge in [0.25, 0.3) is 11.7 Å². The van der Waals surface area contributed by atoms with Crippen molar-refractivity contribution < 1.29 is 23.5 Å². The summed E-state index contributed by atoms with van der Waals surface area (Å²) in [5.41, 5.74) is 0.0578. The van der Waals surface area contributed by atoms with Crippen molar-refractivity contribution in [3.63, 3.8) is 0 Å². The summed E-state index contributed by atoms with van der Waals surface area (Å²) in [5, 5.41) is 2.45. The third-order valence-corrected chi connectivity index (χ3v) is 4.24. The van der Waals surface area contributed by atoms with Gasteiger partial charge in [0.05, 0.1) is 18.7 Å². The molecule has 1 aromatic heterocycles. The molecule has 0 fully saturated rings. The van der Waals surface area contributed by atoms with Gasteiger partial charge in [0.15, 0.2) is 0 Å². The molecule has 0 atom stereocenters. The summed E-state index contributed by atoms with van der Waals surface area (Å²) in [6.07, 6.45) is 0. The maximum absolute atomic E-state index is 13.4. The van der Waals surface area contributed by atoms with Crippen LogP contribution in [0.2, 0.25) is 5.15 Å². The number of esters is 1. The lowest BCUT2D eigenvalue weighted by Gasteiger charge is -2.06. The molecule has 1 aromatic carbocycles. The molecule has 0 unspecified atom stereocenters. The van der Waals surface area contributed by atoms with Crippen LogP contribution in [-0.2, 0) is 16.6 Å². The lowest BCUT2D eigenvalue weighted by Crippen LogP contribution is -2.21. The number of aromatic nitrogens is 1. The van der Waals surface area contributed by atoms with Gasteiger partial charge in [-0.1, -0.05) is 11.6 Å². The van der Waals surface area contributed by atoms with Crippen LogP contribution in [-0.4, -0.2) is 28.8 Å². The van der Waals surface area contributed by atoms with E-state index < -0.39 is 23.5 Å². The van der Waals surface area contributed by atoms with E-state index in [1.807, 2.05) is 0 Å². The molecule has 0 saturated heterocycles. The highest BCUT2D eigenvalue weighted by atomic mass is 35.5. The van der Waals surface area contributed by atoms with Crippen molar-refractivity contribution in [3.8, 4) is 0 Å². The van der Waals surface area contributed by atoms with Gasteiger partial charge in [-0.2, -0.15) is 0 Å². The van der Waals surface area contributed by atoms with E-state index in [9.17, 15) is 18.8 Å². The number of carbonyl (C=O) groups excluding carboxylic acids is 3. The smallest absolute Gasteiger partial charge is 0.381 e. The number of ether oxygens (including phenoxy) is 1. The minimum atomic E-state index is -1.05. The Morgan fingerprint density at radius 3 is 2.63 bits per heavy atom. The fourth-order valence-electron chi connectivity index (χ4n) is 2.54. The molecule has 0 bridgehead atoms. The summed E-state index contributed by atoms with van der Waals surface area (Å²) in [6.45, 7) is 9.99. The minimum Gasteiger partial charge on any atom is -0.460 e. The van der Waals surface area contributed by atoms with Crippen LogP contribution in [0.5, 0.6) is 0 Å². The topological polar surface area (TPSA) is 81.8 Å². The molecule has 140 valence electrons. The van der Waals surface area contributed by atoms with E-state index in [1.165, 1.54) is 30.7 Å². The average Bonchev–Trinajstić information content (AvgIpc) is 2.85. The highest BCUT2D eigenvalue weighted by Crippen LogP contribution is 2.29.